The van der Waals surface area contributed by atoms with E-state index in [1.165, 1.54) is 38.1 Å². The second-order valence-electron chi connectivity index (χ2n) is 5.76. The topological polar surface area (TPSA) is 64.6 Å². The smallest absolute Gasteiger partial charge is 0.422 e. The minimum Gasteiger partial charge on any atom is -0.484 e. The van der Waals surface area contributed by atoms with Gasteiger partial charge >= 0.3 is 6.18 Å². The van der Waals surface area contributed by atoms with E-state index in [1.54, 1.807) is 24.3 Å². The van der Waals surface area contributed by atoms with Crippen molar-refractivity contribution in [2.45, 2.75) is 26.1 Å². The van der Waals surface area contributed by atoms with Gasteiger partial charge in [0.1, 0.15) is 11.5 Å². The highest BCUT2D eigenvalue weighted by Crippen LogP contribution is 2.21. The number of ether oxygens (including phenoxy) is 2. The highest BCUT2D eigenvalue weighted by atomic mass is 19.4. The maximum Gasteiger partial charge on any atom is 0.422 e. The van der Waals surface area contributed by atoms with Gasteiger partial charge < -0.3 is 14.8 Å². The molecule has 0 saturated heterocycles. The molecule has 0 radical (unpaired) electrons. The van der Waals surface area contributed by atoms with Gasteiger partial charge in [-0.3, -0.25) is 9.59 Å². The molecule has 2 aromatic rings. The van der Waals surface area contributed by atoms with Crippen molar-refractivity contribution in [1.29, 1.82) is 0 Å². The molecule has 2 rings (SSSR count). The lowest BCUT2D eigenvalue weighted by Gasteiger charge is -2.15. The van der Waals surface area contributed by atoms with Crippen LogP contribution in [0.3, 0.4) is 0 Å². The fraction of sp³-hybridized carbons (Fsp3) is 0.263. The summed E-state index contributed by atoms with van der Waals surface area (Å²) in [5.41, 5.74) is 0.849. The first kappa shape index (κ1) is 20.3. The molecule has 1 atom stereocenters. The number of hydrogen-bond acceptors (Lipinski definition) is 4. The van der Waals surface area contributed by atoms with Crippen molar-refractivity contribution in [3.63, 3.8) is 0 Å². The summed E-state index contributed by atoms with van der Waals surface area (Å²) in [5, 5.41) is 2.59. The molecule has 0 aromatic heterocycles. The van der Waals surface area contributed by atoms with Crippen molar-refractivity contribution < 1.29 is 32.2 Å². The van der Waals surface area contributed by atoms with Crippen LogP contribution in [0.5, 0.6) is 11.5 Å². The third kappa shape index (κ3) is 6.65. The average Bonchev–Trinajstić information content (AvgIpc) is 2.60. The Morgan fingerprint density at radius 1 is 1.07 bits per heavy atom. The molecule has 0 aliphatic carbocycles. The number of benzene rings is 2. The molecule has 27 heavy (non-hydrogen) atoms. The lowest BCUT2D eigenvalue weighted by Crippen LogP contribution is -2.30. The molecule has 0 aliphatic rings. The van der Waals surface area contributed by atoms with Crippen LogP contribution in [-0.2, 0) is 4.79 Å². The zero-order valence-corrected chi connectivity index (χ0v) is 14.7. The minimum absolute atomic E-state index is 0.0377. The van der Waals surface area contributed by atoms with Crippen LogP contribution in [0.2, 0.25) is 0 Å². The number of ketones is 1. The van der Waals surface area contributed by atoms with E-state index < -0.39 is 24.8 Å². The Kier molecular flexibility index (Phi) is 6.44. The molecule has 0 bridgehead atoms. The van der Waals surface area contributed by atoms with Gasteiger partial charge in [-0.25, -0.2) is 0 Å². The summed E-state index contributed by atoms with van der Waals surface area (Å²) in [7, 11) is 0. The maximum atomic E-state index is 12.2. The summed E-state index contributed by atoms with van der Waals surface area (Å²) in [4.78, 5) is 23.6. The number of alkyl halides is 3. The summed E-state index contributed by atoms with van der Waals surface area (Å²) in [5.74, 6) is -0.158. The first-order valence-corrected chi connectivity index (χ1v) is 8.02. The molecular weight excluding hydrogens is 363 g/mol. The highest BCUT2D eigenvalue weighted by Gasteiger charge is 2.28. The van der Waals surface area contributed by atoms with Crippen LogP contribution in [0.15, 0.2) is 48.5 Å². The van der Waals surface area contributed by atoms with E-state index >= 15 is 0 Å². The summed E-state index contributed by atoms with van der Waals surface area (Å²) in [6.45, 7) is 1.58. The molecule has 5 nitrogen and oxygen atoms in total. The number of halogens is 3. The molecule has 144 valence electrons. The number of carbonyl (C=O) groups is 2. The molecule has 0 heterocycles. The fourth-order valence-electron chi connectivity index (χ4n) is 2.09. The van der Waals surface area contributed by atoms with Crippen LogP contribution < -0.4 is 14.8 Å². The molecule has 8 heteroatoms. The number of nitrogens with one attached hydrogen (secondary N) is 1. The van der Waals surface area contributed by atoms with Crippen LogP contribution in [0.1, 0.15) is 24.2 Å². The molecule has 1 unspecified atom stereocenters. The molecule has 0 aliphatic heterocycles. The highest BCUT2D eigenvalue weighted by molar-refractivity contribution is 5.95. The third-order valence-electron chi connectivity index (χ3n) is 3.45. The zero-order valence-electron chi connectivity index (χ0n) is 14.7. The number of carbonyl (C=O) groups excluding carboxylic acids is 2. The van der Waals surface area contributed by atoms with Crippen LogP contribution in [-0.4, -0.2) is 30.6 Å². The van der Waals surface area contributed by atoms with Gasteiger partial charge in [0.2, 0.25) is 0 Å². The van der Waals surface area contributed by atoms with E-state index in [0.717, 1.165) is 0 Å². The number of hydrogen-bond donors (Lipinski definition) is 1. The standard InChI is InChI=1S/C19H18F3NO4/c1-12(24)14-4-3-5-17(10-14)27-13(2)18(25)23-15-6-8-16(9-7-15)26-11-19(20,21)22/h3-10,13H,11H2,1-2H3,(H,23,25). The minimum atomic E-state index is -4.42. The number of Topliss-reactive ketones (excluding diaryl/α,β-unsaturated/α-hetero) is 1. The molecule has 0 spiro atoms. The van der Waals surface area contributed by atoms with Crippen molar-refractivity contribution in [3.8, 4) is 11.5 Å². The van der Waals surface area contributed by atoms with Gasteiger partial charge in [-0.1, -0.05) is 12.1 Å². The van der Waals surface area contributed by atoms with Crippen molar-refractivity contribution in [1.82, 2.24) is 0 Å². The SMILES string of the molecule is CC(=O)c1cccc(OC(C)C(=O)Nc2ccc(OCC(F)(F)F)cc2)c1. The predicted octanol–water partition coefficient (Wildman–Crippen LogP) is 4.24. The molecule has 1 N–H and O–H groups in total. The number of anilines is 1. The number of rotatable bonds is 7. The Hall–Kier alpha value is -3.03. The maximum absolute atomic E-state index is 12.2. The lowest BCUT2D eigenvalue weighted by atomic mass is 10.1. The molecule has 2 aromatic carbocycles. The molecule has 0 fully saturated rings. The summed E-state index contributed by atoms with van der Waals surface area (Å²) in [6, 6.07) is 12.0. The van der Waals surface area contributed by atoms with Gasteiger partial charge in [0.05, 0.1) is 0 Å². The van der Waals surface area contributed by atoms with Crippen LogP contribution >= 0.6 is 0 Å². The molecule has 0 saturated carbocycles. The Morgan fingerprint density at radius 3 is 2.33 bits per heavy atom. The first-order valence-electron chi connectivity index (χ1n) is 8.02. The van der Waals surface area contributed by atoms with Gasteiger partial charge in [0.25, 0.3) is 5.91 Å². The molecule has 1 amide bonds. The average molecular weight is 381 g/mol. The fourth-order valence-corrected chi connectivity index (χ4v) is 2.09. The van der Waals surface area contributed by atoms with Crippen molar-refractivity contribution in [2.24, 2.45) is 0 Å². The molecular formula is C19H18F3NO4. The first-order chi connectivity index (χ1) is 12.6. The van der Waals surface area contributed by atoms with Crippen molar-refractivity contribution in [3.05, 3.63) is 54.1 Å². The van der Waals surface area contributed by atoms with Gasteiger partial charge in [0.15, 0.2) is 18.5 Å². The van der Waals surface area contributed by atoms with E-state index in [0.29, 0.717) is 17.0 Å². The van der Waals surface area contributed by atoms with E-state index in [-0.39, 0.29) is 11.5 Å². The summed E-state index contributed by atoms with van der Waals surface area (Å²) < 4.78 is 46.5. The largest absolute Gasteiger partial charge is 0.484 e. The Balaban J connectivity index is 1.92. The summed E-state index contributed by atoms with van der Waals surface area (Å²) >= 11 is 0. The summed E-state index contributed by atoms with van der Waals surface area (Å²) in [6.07, 6.45) is -5.27. The van der Waals surface area contributed by atoms with E-state index in [9.17, 15) is 22.8 Å². The van der Waals surface area contributed by atoms with E-state index in [1.807, 2.05) is 0 Å². The Bertz CT molecular complexity index is 803. The van der Waals surface area contributed by atoms with Crippen molar-refractivity contribution in [2.75, 3.05) is 11.9 Å². The van der Waals surface area contributed by atoms with Gasteiger partial charge in [-0.05, 0) is 50.2 Å². The Morgan fingerprint density at radius 2 is 1.74 bits per heavy atom. The van der Waals surface area contributed by atoms with Crippen LogP contribution in [0.4, 0.5) is 18.9 Å². The predicted molar refractivity (Wildman–Crippen MR) is 93.2 cm³/mol. The van der Waals surface area contributed by atoms with Gasteiger partial charge in [-0.2, -0.15) is 13.2 Å². The second-order valence-corrected chi connectivity index (χ2v) is 5.76. The van der Waals surface area contributed by atoms with Gasteiger partial charge in [0, 0.05) is 11.3 Å². The lowest BCUT2D eigenvalue weighted by molar-refractivity contribution is -0.153. The van der Waals surface area contributed by atoms with E-state index in [4.69, 9.17) is 4.74 Å². The van der Waals surface area contributed by atoms with Crippen molar-refractivity contribution >= 4 is 17.4 Å². The Labute approximate surface area is 154 Å². The van der Waals surface area contributed by atoms with Crippen LogP contribution in [0.25, 0.3) is 0 Å². The van der Waals surface area contributed by atoms with Gasteiger partial charge in [-0.15, -0.1) is 0 Å². The van der Waals surface area contributed by atoms with E-state index in [2.05, 4.69) is 10.1 Å². The quantitative estimate of drug-likeness (QED) is 0.729. The number of amides is 1. The van der Waals surface area contributed by atoms with Crippen LogP contribution in [0, 0.1) is 0 Å². The monoisotopic (exact) mass is 381 g/mol. The normalized spacial score (nSPS) is 12.2. The zero-order chi connectivity index (χ0) is 20.0. The third-order valence-corrected chi connectivity index (χ3v) is 3.45. The second kappa shape index (κ2) is 8.57.